The molecule has 2 N–H and O–H groups in total. The zero-order chi connectivity index (χ0) is 18.9. The van der Waals surface area contributed by atoms with Crippen LogP contribution in [0.5, 0.6) is 0 Å². The quantitative estimate of drug-likeness (QED) is 0.756. The standard InChI is InChI=1S/C21H27N3O2/c1-4-15-22-20(25)16-7-9-17(10-8-16)21(26)23-18-11-13-19(14-12-18)24(5-2)6-3/h7-14H,4-6,15H2,1-3H3,(H,22,25)(H,23,26). The van der Waals surface area contributed by atoms with Crippen LogP contribution in [-0.4, -0.2) is 31.4 Å². The molecule has 0 aliphatic heterocycles. The zero-order valence-corrected chi connectivity index (χ0v) is 15.7. The minimum absolute atomic E-state index is 0.120. The highest BCUT2D eigenvalue weighted by Crippen LogP contribution is 2.18. The Kier molecular flexibility index (Phi) is 7.21. The number of rotatable bonds is 8. The van der Waals surface area contributed by atoms with Gasteiger partial charge in [0.15, 0.2) is 0 Å². The molecule has 0 saturated heterocycles. The summed E-state index contributed by atoms with van der Waals surface area (Å²) < 4.78 is 0. The van der Waals surface area contributed by atoms with Crippen molar-refractivity contribution in [1.29, 1.82) is 0 Å². The molecule has 0 unspecified atom stereocenters. The van der Waals surface area contributed by atoms with Crippen LogP contribution in [0.3, 0.4) is 0 Å². The maximum absolute atomic E-state index is 12.4. The van der Waals surface area contributed by atoms with E-state index in [0.29, 0.717) is 17.7 Å². The third kappa shape index (κ3) is 5.09. The molecule has 0 bridgehead atoms. The summed E-state index contributed by atoms with van der Waals surface area (Å²) in [5.41, 5.74) is 2.95. The topological polar surface area (TPSA) is 61.4 Å². The van der Waals surface area contributed by atoms with Gasteiger partial charge < -0.3 is 15.5 Å². The summed E-state index contributed by atoms with van der Waals surface area (Å²) >= 11 is 0. The van der Waals surface area contributed by atoms with E-state index in [9.17, 15) is 9.59 Å². The smallest absolute Gasteiger partial charge is 0.255 e. The van der Waals surface area contributed by atoms with Gasteiger partial charge in [-0.25, -0.2) is 0 Å². The van der Waals surface area contributed by atoms with E-state index in [-0.39, 0.29) is 11.8 Å². The Morgan fingerprint density at radius 3 is 1.85 bits per heavy atom. The Morgan fingerprint density at radius 1 is 0.808 bits per heavy atom. The van der Waals surface area contributed by atoms with Crippen molar-refractivity contribution in [3.05, 3.63) is 59.7 Å². The number of nitrogens with one attached hydrogen (secondary N) is 2. The summed E-state index contributed by atoms with van der Waals surface area (Å²) in [5.74, 6) is -0.313. The summed E-state index contributed by atoms with van der Waals surface area (Å²) in [6.07, 6.45) is 0.888. The fourth-order valence-electron chi connectivity index (χ4n) is 2.66. The first-order valence-electron chi connectivity index (χ1n) is 9.13. The van der Waals surface area contributed by atoms with Crippen LogP contribution in [0, 0.1) is 0 Å². The van der Waals surface area contributed by atoms with E-state index in [1.165, 1.54) is 0 Å². The van der Waals surface area contributed by atoms with Crippen molar-refractivity contribution in [2.24, 2.45) is 0 Å². The molecule has 0 aliphatic rings. The average molecular weight is 353 g/mol. The van der Waals surface area contributed by atoms with Crippen LogP contribution in [0.4, 0.5) is 11.4 Å². The van der Waals surface area contributed by atoms with E-state index in [2.05, 4.69) is 29.4 Å². The molecular weight excluding hydrogens is 326 g/mol. The number of carbonyl (C=O) groups excluding carboxylic acids is 2. The lowest BCUT2D eigenvalue weighted by molar-refractivity contribution is 0.0951. The molecule has 138 valence electrons. The molecule has 2 aromatic rings. The molecule has 2 rings (SSSR count). The van der Waals surface area contributed by atoms with Crippen molar-refractivity contribution in [2.75, 3.05) is 29.9 Å². The fourth-order valence-corrected chi connectivity index (χ4v) is 2.66. The lowest BCUT2D eigenvalue weighted by atomic mass is 10.1. The molecule has 0 spiro atoms. The van der Waals surface area contributed by atoms with Crippen LogP contribution in [0.2, 0.25) is 0 Å². The van der Waals surface area contributed by atoms with Gasteiger partial charge in [-0.15, -0.1) is 0 Å². The van der Waals surface area contributed by atoms with E-state index >= 15 is 0 Å². The number of nitrogens with zero attached hydrogens (tertiary/aromatic N) is 1. The van der Waals surface area contributed by atoms with Gasteiger partial charge in [-0.1, -0.05) is 6.92 Å². The first-order chi connectivity index (χ1) is 12.6. The Balaban J connectivity index is 2.00. The fraction of sp³-hybridized carbons (Fsp3) is 0.333. The van der Waals surface area contributed by atoms with Crippen molar-refractivity contribution in [3.63, 3.8) is 0 Å². The molecule has 0 saturated carbocycles. The van der Waals surface area contributed by atoms with Crippen LogP contribution < -0.4 is 15.5 Å². The largest absolute Gasteiger partial charge is 0.372 e. The second-order valence-corrected chi connectivity index (χ2v) is 6.01. The van der Waals surface area contributed by atoms with Gasteiger partial charge in [-0.3, -0.25) is 9.59 Å². The molecule has 5 heteroatoms. The lowest BCUT2D eigenvalue weighted by Gasteiger charge is -2.21. The van der Waals surface area contributed by atoms with Crippen molar-refractivity contribution in [2.45, 2.75) is 27.2 Å². The van der Waals surface area contributed by atoms with E-state index in [1.807, 2.05) is 31.2 Å². The van der Waals surface area contributed by atoms with Crippen LogP contribution in [0.15, 0.2) is 48.5 Å². The number of hydrogen-bond acceptors (Lipinski definition) is 3. The Bertz CT molecular complexity index is 720. The van der Waals surface area contributed by atoms with Gasteiger partial charge in [0, 0.05) is 42.1 Å². The van der Waals surface area contributed by atoms with Gasteiger partial charge in [-0.05, 0) is 68.8 Å². The minimum Gasteiger partial charge on any atom is -0.372 e. The van der Waals surface area contributed by atoms with Gasteiger partial charge in [-0.2, -0.15) is 0 Å². The summed E-state index contributed by atoms with van der Waals surface area (Å²) in [6.45, 7) is 8.77. The van der Waals surface area contributed by atoms with Gasteiger partial charge >= 0.3 is 0 Å². The van der Waals surface area contributed by atoms with E-state index in [0.717, 1.165) is 30.9 Å². The van der Waals surface area contributed by atoms with E-state index in [1.54, 1.807) is 24.3 Å². The molecule has 0 radical (unpaired) electrons. The average Bonchev–Trinajstić information content (AvgIpc) is 2.68. The lowest BCUT2D eigenvalue weighted by Crippen LogP contribution is -2.24. The molecule has 0 atom stereocenters. The van der Waals surface area contributed by atoms with Crippen LogP contribution >= 0.6 is 0 Å². The highest BCUT2D eigenvalue weighted by molar-refractivity contribution is 6.05. The predicted molar refractivity (Wildman–Crippen MR) is 107 cm³/mol. The van der Waals surface area contributed by atoms with Crippen molar-refractivity contribution >= 4 is 23.2 Å². The van der Waals surface area contributed by atoms with Crippen molar-refractivity contribution in [1.82, 2.24) is 5.32 Å². The Labute approximate surface area is 155 Å². The number of hydrogen-bond donors (Lipinski definition) is 2. The van der Waals surface area contributed by atoms with Crippen LogP contribution in [-0.2, 0) is 0 Å². The van der Waals surface area contributed by atoms with Crippen molar-refractivity contribution < 1.29 is 9.59 Å². The molecular formula is C21H27N3O2. The second kappa shape index (κ2) is 9.61. The first-order valence-corrected chi connectivity index (χ1v) is 9.13. The maximum Gasteiger partial charge on any atom is 0.255 e. The third-order valence-electron chi connectivity index (χ3n) is 4.20. The molecule has 0 aromatic heterocycles. The summed E-state index contributed by atoms with van der Waals surface area (Å²) in [5, 5.41) is 5.70. The molecule has 26 heavy (non-hydrogen) atoms. The van der Waals surface area contributed by atoms with E-state index in [4.69, 9.17) is 0 Å². The van der Waals surface area contributed by atoms with Gasteiger partial charge in [0.05, 0.1) is 0 Å². The SMILES string of the molecule is CCCNC(=O)c1ccc(C(=O)Nc2ccc(N(CC)CC)cc2)cc1. The predicted octanol–water partition coefficient (Wildman–Crippen LogP) is 3.92. The van der Waals surface area contributed by atoms with Crippen LogP contribution in [0.25, 0.3) is 0 Å². The molecule has 0 heterocycles. The van der Waals surface area contributed by atoms with Gasteiger partial charge in [0.25, 0.3) is 11.8 Å². The minimum atomic E-state index is -0.193. The number of amides is 2. The Hall–Kier alpha value is -2.82. The van der Waals surface area contributed by atoms with Gasteiger partial charge in [0.2, 0.25) is 0 Å². The molecule has 5 nitrogen and oxygen atoms in total. The van der Waals surface area contributed by atoms with Crippen molar-refractivity contribution in [3.8, 4) is 0 Å². The Morgan fingerprint density at radius 2 is 1.35 bits per heavy atom. The van der Waals surface area contributed by atoms with Gasteiger partial charge in [0.1, 0.15) is 0 Å². The van der Waals surface area contributed by atoms with Crippen LogP contribution in [0.1, 0.15) is 47.9 Å². The highest BCUT2D eigenvalue weighted by atomic mass is 16.2. The molecule has 0 aliphatic carbocycles. The second-order valence-electron chi connectivity index (χ2n) is 6.01. The highest BCUT2D eigenvalue weighted by Gasteiger charge is 2.09. The van der Waals surface area contributed by atoms with E-state index < -0.39 is 0 Å². The normalized spacial score (nSPS) is 10.3. The number of benzene rings is 2. The number of carbonyl (C=O) groups is 2. The number of anilines is 2. The third-order valence-corrected chi connectivity index (χ3v) is 4.20. The zero-order valence-electron chi connectivity index (χ0n) is 15.7. The summed E-state index contributed by atoms with van der Waals surface area (Å²) in [7, 11) is 0. The molecule has 0 fully saturated rings. The first kappa shape index (κ1) is 19.5. The monoisotopic (exact) mass is 353 g/mol. The summed E-state index contributed by atoms with van der Waals surface area (Å²) in [6, 6.07) is 14.5. The summed E-state index contributed by atoms with van der Waals surface area (Å²) in [4.78, 5) is 26.5. The molecule has 2 aromatic carbocycles. The maximum atomic E-state index is 12.4. The molecule has 2 amide bonds.